The van der Waals surface area contributed by atoms with E-state index in [9.17, 15) is 28.0 Å². The number of anilines is 1. The van der Waals surface area contributed by atoms with Gasteiger partial charge in [0.1, 0.15) is 17.2 Å². The van der Waals surface area contributed by atoms with E-state index in [0.717, 1.165) is 6.07 Å². The average Bonchev–Trinajstić information content (AvgIpc) is 2.66. The van der Waals surface area contributed by atoms with Gasteiger partial charge in [-0.3, -0.25) is 9.69 Å². The third-order valence-corrected chi connectivity index (χ3v) is 4.39. The zero-order chi connectivity index (χ0) is 20.9. The van der Waals surface area contributed by atoms with Crippen LogP contribution >= 0.6 is 0 Å². The number of alkyl halides is 3. The molecule has 1 aliphatic rings. The average molecular weight is 400 g/mol. The normalized spacial score (nSPS) is 15.1. The summed E-state index contributed by atoms with van der Waals surface area (Å²) in [7, 11) is 0. The maximum atomic E-state index is 13.5. The van der Waals surface area contributed by atoms with Crippen molar-refractivity contribution in [1.82, 2.24) is 0 Å². The van der Waals surface area contributed by atoms with Gasteiger partial charge < -0.3 is 9.47 Å². The SMILES string of the molecule is CCOC(=O)c1cc(C#N)c(N2CCC(C(=O)OCC)CC2)[nH+]c1C(F)(F)F. The number of carbonyl (C=O) groups excluding carboxylic acids is 2. The molecule has 2 rings (SSSR count). The highest BCUT2D eigenvalue weighted by Gasteiger charge is 2.43. The molecule has 1 aliphatic heterocycles. The fourth-order valence-corrected chi connectivity index (χ4v) is 3.06. The second kappa shape index (κ2) is 8.91. The van der Waals surface area contributed by atoms with Crippen molar-refractivity contribution in [3.05, 3.63) is 22.9 Å². The van der Waals surface area contributed by atoms with Gasteiger partial charge in [-0.05, 0) is 32.8 Å². The van der Waals surface area contributed by atoms with Crippen molar-refractivity contribution in [2.24, 2.45) is 5.92 Å². The largest absolute Gasteiger partial charge is 0.466 e. The minimum atomic E-state index is -4.84. The van der Waals surface area contributed by atoms with Crippen LogP contribution in [0.15, 0.2) is 6.07 Å². The van der Waals surface area contributed by atoms with Crippen molar-refractivity contribution in [3.8, 4) is 6.07 Å². The Bertz CT molecular complexity index is 782. The first kappa shape index (κ1) is 21.5. The second-order valence-electron chi connectivity index (χ2n) is 6.16. The van der Waals surface area contributed by atoms with Crippen LogP contribution in [-0.4, -0.2) is 38.2 Å². The number of rotatable bonds is 5. The molecule has 1 N–H and O–H groups in total. The molecule has 0 bridgehead atoms. The molecule has 152 valence electrons. The van der Waals surface area contributed by atoms with Crippen molar-refractivity contribution in [3.63, 3.8) is 0 Å². The highest BCUT2D eigenvalue weighted by molar-refractivity contribution is 5.91. The predicted octanol–water partition coefficient (Wildman–Crippen LogP) is 2.35. The van der Waals surface area contributed by atoms with E-state index in [1.54, 1.807) is 11.8 Å². The molecule has 0 amide bonds. The molecule has 1 aromatic heterocycles. The lowest BCUT2D eigenvalue weighted by Crippen LogP contribution is -2.42. The number of hydrogen-bond acceptors (Lipinski definition) is 6. The number of nitrogens with zero attached hydrogens (tertiary/aromatic N) is 2. The smallest absolute Gasteiger partial charge is 0.454 e. The molecule has 0 unspecified atom stereocenters. The fraction of sp³-hybridized carbons (Fsp3) is 0.556. The van der Waals surface area contributed by atoms with Crippen LogP contribution in [0.4, 0.5) is 19.0 Å². The molecular weight excluding hydrogens is 379 g/mol. The number of ether oxygens (including phenoxy) is 2. The highest BCUT2D eigenvalue weighted by Crippen LogP contribution is 2.32. The molecular formula is C18H21F3N3O4+. The Morgan fingerprint density at radius 2 is 1.86 bits per heavy atom. The van der Waals surface area contributed by atoms with Crippen molar-refractivity contribution in [2.45, 2.75) is 32.9 Å². The number of esters is 2. The van der Waals surface area contributed by atoms with Gasteiger partial charge >= 0.3 is 18.1 Å². The number of hydrogen-bond donors (Lipinski definition) is 0. The second-order valence-corrected chi connectivity index (χ2v) is 6.16. The fourth-order valence-electron chi connectivity index (χ4n) is 3.06. The Morgan fingerprint density at radius 1 is 1.25 bits per heavy atom. The molecule has 1 aromatic rings. The van der Waals surface area contributed by atoms with Crippen LogP contribution in [0.2, 0.25) is 0 Å². The van der Waals surface area contributed by atoms with Crippen LogP contribution in [0, 0.1) is 17.2 Å². The Hall–Kier alpha value is -2.83. The van der Waals surface area contributed by atoms with Crippen molar-refractivity contribution in [2.75, 3.05) is 31.2 Å². The quantitative estimate of drug-likeness (QED) is 0.705. The number of halogens is 3. The number of pyridine rings is 1. The van der Waals surface area contributed by atoms with E-state index in [4.69, 9.17) is 4.74 Å². The third kappa shape index (κ3) is 4.71. The number of nitriles is 1. The van der Waals surface area contributed by atoms with E-state index in [1.165, 1.54) is 6.92 Å². The molecule has 0 atom stereocenters. The van der Waals surface area contributed by atoms with Gasteiger partial charge in [0.2, 0.25) is 5.69 Å². The van der Waals surface area contributed by atoms with Crippen molar-refractivity contribution < 1.29 is 37.2 Å². The molecule has 2 heterocycles. The van der Waals surface area contributed by atoms with E-state index < -0.39 is 23.4 Å². The number of aromatic nitrogens is 1. The first-order valence-electron chi connectivity index (χ1n) is 8.89. The number of piperidine rings is 1. The minimum Gasteiger partial charge on any atom is -0.466 e. The Balaban J connectivity index is 2.36. The predicted molar refractivity (Wildman–Crippen MR) is 90.2 cm³/mol. The van der Waals surface area contributed by atoms with Gasteiger partial charge in [-0.25, -0.2) is 9.78 Å². The highest BCUT2D eigenvalue weighted by atomic mass is 19.4. The maximum absolute atomic E-state index is 13.5. The first-order valence-corrected chi connectivity index (χ1v) is 8.89. The van der Waals surface area contributed by atoms with Crippen LogP contribution in [-0.2, 0) is 20.4 Å². The van der Waals surface area contributed by atoms with Gasteiger partial charge in [0.25, 0.3) is 5.82 Å². The van der Waals surface area contributed by atoms with Crippen LogP contribution < -0.4 is 9.88 Å². The molecule has 1 fully saturated rings. The van der Waals surface area contributed by atoms with Gasteiger partial charge in [-0.15, -0.1) is 0 Å². The van der Waals surface area contributed by atoms with Gasteiger partial charge in [-0.1, -0.05) is 0 Å². The summed E-state index contributed by atoms with van der Waals surface area (Å²) in [5.74, 6) is -1.86. The molecule has 0 spiro atoms. The van der Waals surface area contributed by atoms with E-state index in [1.807, 2.05) is 6.07 Å². The molecule has 0 radical (unpaired) electrons. The summed E-state index contributed by atoms with van der Waals surface area (Å²) in [5.41, 5.74) is -2.12. The molecule has 7 nitrogen and oxygen atoms in total. The van der Waals surface area contributed by atoms with Crippen LogP contribution in [0.1, 0.15) is 48.3 Å². The minimum absolute atomic E-state index is 0.0369. The molecule has 28 heavy (non-hydrogen) atoms. The van der Waals surface area contributed by atoms with E-state index in [-0.39, 0.29) is 49.6 Å². The summed E-state index contributed by atoms with van der Waals surface area (Å²) in [6.07, 6.45) is -4.06. The Labute approximate surface area is 160 Å². The summed E-state index contributed by atoms with van der Waals surface area (Å²) >= 11 is 0. The maximum Gasteiger partial charge on any atom is 0.454 e. The number of aromatic amines is 1. The Morgan fingerprint density at radius 3 is 2.36 bits per heavy atom. The number of nitrogens with one attached hydrogen (secondary N) is 1. The summed E-state index contributed by atoms with van der Waals surface area (Å²) < 4.78 is 50.1. The number of carbonyl (C=O) groups is 2. The topological polar surface area (TPSA) is 93.8 Å². The van der Waals surface area contributed by atoms with E-state index in [0.29, 0.717) is 12.8 Å². The van der Waals surface area contributed by atoms with Crippen molar-refractivity contribution >= 4 is 17.8 Å². The lowest BCUT2D eigenvalue weighted by molar-refractivity contribution is -0.415. The van der Waals surface area contributed by atoms with Gasteiger partial charge in [-0.2, -0.15) is 18.4 Å². The van der Waals surface area contributed by atoms with Gasteiger partial charge in [0, 0.05) is 0 Å². The lowest BCUT2D eigenvalue weighted by atomic mass is 9.96. The summed E-state index contributed by atoms with van der Waals surface area (Å²) in [6, 6.07) is 2.72. The summed E-state index contributed by atoms with van der Waals surface area (Å²) in [5, 5.41) is 9.38. The summed E-state index contributed by atoms with van der Waals surface area (Å²) in [4.78, 5) is 27.5. The zero-order valence-electron chi connectivity index (χ0n) is 15.6. The van der Waals surface area contributed by atoms with Crippen molar-refractivity contribution in [1.29, 1.82) is 5.26 Å². The third-order valence-electron chi connectivity index (χ3n) is 4.39. The molecule has 1 saturated heterocycles. The van der Waals surface area contributed by atoms with Gasteiger partial charge in [0.15, 0.2) is 0 Å². The van der Waals surface area contributed by atoms with E-state index in [2.05, 4.69) is 9.72 Å². The molecule has 0 saturated carbocycles. The van der Waals surface area contributed by atoms with Gasteiger partial charge in [0.05, 0.1) is 32.2 Å². The Kier molecular flexibility index (Phi) is 6.83. The zero-order valence-corrected chi connectivity index (χ0v) is 15.6. The van der Waals surface area contributed by atoms with Crippen LogP contribution in [0.3, 0.4) is 0 Å². The summed E-state index contributed by atoms with van der Waals surface area (Å²) in [6.45, 7) is 3.87. The lowest BCUT2D eigenvalue weighted by Gasteiger charge is -2.27. The van der Waals surface area contributed by atoms with Crippen LogP contribution in [0.25, 0.3) is 0 Å². The molecule has 10 heteroatoms. The first-order chi connectivity index (χ1) is 13.2. The molecule has 0 aromatic carbocycles. The standard InChI is InChI=1S/C18H20F3N3O4/c1-3-27-16(25)11-5-7-24(8-6-11)15-12(10-22)9-13(17(26)28-4-2)14(23-15)18(19,20)21/h9,11H,3-8H2,1-2H3/p+1. The van der Waals surface area contributed by atoms with Crippen LogP contribution in [0.5, 0.6) is 0 Å². The number of H-pyrrole nitrogens is 1. The molecule has 0 aliphatic carbocycles. The monoisotopic (exact) mass is 400 g/mol. The van der Waals surface area contributed by atoms with E-state index >= 15 is 0 Å².